The van der Waals surface area contributed by atoms with Gasteiger partial charge in [0.1, 0.15) is 5.82 Å². The summed E-state index contributed by atoms with van der Waals surface area (Å²) in [4.78, 5) is 15.5. The molecule has 1 aromatic carbocycles. The second-order valence-electron chi connectivity index (χ2n) is 5.47. The summed E-state index contributed by atoms with van der Waals surface area (Å²) in [5, 5.41) is 4.97. The molecule has 26 heavy (non-hydrogen) atoms. The van der Waals surface area contributed by atoms with Crippen molar-refractivity contribution < 1.29 is 18.0 Å². The van der Waals surface area contributed by atoms with Crippen LogP contribution in [0.4, 0.5) is 19.0 Å². The van der Waals surface area contributed by atoms with E-state index in [0.717, 1.165) is 16.8 Å². The van der Waals surface area contributed by atoms with Gasteiger partial charge in [-0.25, -0.2) is 4.98 Å². The molecule has 3 rings (SSSR count). The highest BCUT2D eigenvalue weighted by atomic mass is 32.1. The van der Waals surface area contributed by atoms with Crippen LogP contribution >= 0.6 is 11.3 Å². The van der Waals surface area contributed by atoms with Gasteiger partial charge in [-0.3, -0.25) is 4.79 Å². The molecule has 8 heteroatoms. The Balaban J connectivity index is 2.08. The third-order valence-corrected chi connectivity index (χ3v) is 4.87. The third-order valence-electron chi connectivity index (χ3n) is 3.84. The lowest BCUT2D eigenvalue weighted by Crippen LogP contribution is -2.13. The first kappa shape index (κ1) is 17.9. The van der Waals surface area contributed by atoms with Crippen LogP contribution in [0.25, 0.3) is 27.3 Å². The molecule has 2 aromatic heterocycles. The summed E-state index contributed by atoms with van der Waals surface area (Å²) in [7, 11) is 1.53. The first-order valence-electron chi connectivity index (χ1n) is 7.54. The number of fused-ring (bicyclic) bond motifs is 1. The average molecular weight is 377 g/mol. The Labute approximate surface area is 151 Å². The topological polar surface area (TPSA) is 68.0 Å². The van der Waals surface area contributed by atoms with Gasteiger partial charge in [0, 0.05) is 40.5 Å². The smallest absolute Gasteiger partial charge is 0.383 e. The minimum absolute atomic E-state index is 0.255. The van der Waals surface area contributed by atoms with E-state index in [2.05, 4.69) is 10.3 Å². The number of aromatic nitrogens is 1. The summed E-state index contributed by atoms with van der Waals surface area (Å²) in [6.45, 7) is 0. The first-order valence-corrected chi connectivity index (χ1v) is 8.42. The summed E-state index contributed by atoms with van der Waals surface area (Å²) >= 11 is 1.39. The number of pyridine rings is 1. The van der Waals surface area contributed by atoms with Crippen LogP contribution in [-0.4, -0.2) is 17.9 Å². The lowest BCUT2D eigenvalue weighted by molar-refractivity contribution is -0.137. The maximum Gasteiger partial charge on any atom is 0.416 e. The molecule has 0 aliphatic rings. The number of nitrogen functional groups attached to an aromatic ring is 1. The fraction of sp³-hybridized carbons (Fsp3) is 0.111. The molecule has 0 atom stereocenters. The molecule has 2 heterocycles. The molecule has 0 bridgehead atoms. The first-order chi connectivity index (χ1) is 12.3. The van der Waals surface area contributed by atoms with E-state index in [-0.39, 0.29) is 11.7 Å². The van der Waals surface area contributed by atoms with Gasteiger partial charge in [-0.1, -0.05) is 12.1 Å². The number of carbonyl (C=O) groups is 1. The molecule has 3 aromatic rings. The molecular formula is C18H14F3N3OS. The second-order valence-corrected chi connectivity index (χ2v) is 6.35. The van der Waals surface area contributed by atoms with E-state index in [1.54, 1.807) is 12.3 Å². The summed E-state index contributed by atoms with van der Waals surface area (Å²) in [6.07, 6.45) is 0.183. The molecule has 0 spiro atoms. The highest BCUT2D eigenvalue weighted by molar-refractivity contribution is 7.18. The van der Waals surface area contributed by atoms with Gasteiger partial charge >= 0.3 is 6.18 Å². The van der Waals surface area contributed by atoms with Crippen molar-refractivity contribution in [1.82, 2.24) is 10.3 Å². The molecule has 0 saturated carbocycles. The summed E-state index contributed by atoms with van der Waals surface area (Å²) in [5.41, 5.74) is 7.33. The Hall–Kier alpha value is -2.87. The van der Waals surface area contributed by atoms with Crippen molar-refractivity contribution in [2.75, 3.05) is 12.8 Å². The standard InChI is InChI=1S/C18H14F3N3OS/c1-23-14(25)7-4-11-8-24-17(22)15-13(9-26-16(11)15)10-2-5-12(6-3-10)18(19,20)21/h2-9H,1H3,(H2,22,24)(H,23,25)/b7-4+. The third kappa shape index (κ3) is 3.41. The molecule has 0 radical (unpaired) electrons. The van der Waals surface area contributed by atoms with Crippen LogP contribution in [0.5, 0.6) is 0 Å². The second kappa shape index (κ2) is 6.80. The number of nitrogens with two attached hydrogens (primary N) is 1. The van der Waals surface area contributed by atoms with Crippen LogP contribution in [0.2, 0.25) is 0 Å². The SMILES string of the molecule is CNC(=O)/C=C/c1cnc(N)c2c(-c3ccc(C(F)(F)F)cc3)csc12. The number of likely N-dealkylation sites (N-methyl/N-ethyl adjacent to an activating group) is 1. The number of benzene rings is 1. The van der Waals surface area contributed by atoms with E-state index < -0.39 is 11.7 Å². The quantitative estimate of drug-likeness (QED) is 0.668. The number of anilines is 1. The molecule has 0 saturated heterocycles. The number of thiophene rings is 1. The van der Waals surface area contributed by atoms with Crippen molar-refractivity contribution >= 4 is 39.2 Å². The molecular weight excluding hydrogens is 363 g/mol. The van der Waals surface area contributed by atoms with Gasteiger partial charge in [0.2, 0.25) is 5.91 Å². The van der Waals surface area contributed by atoms with E-state index in [9.17, 15) is 18.0 Å². The van der Waals surface area contributed by atoms with Crippen molar-refractivity contribution in [3.63, 3.8) is 0 Å². The maximum atomic E-state index is 12.7. The zero-order valence-corrected chi connectivity index (χ0v) is 14.4. The number of alkyl halides is 3. The molecule has 3 N–H and O–H groups in total. The molecule has 0 aliphatic carbocycles. The number of rotatable bonds is 3. The Morgan fingerprint density at radius 3 is 2.58 bits per heavy atom. The van der Waals surface area contributed by atoms with Crippen molar-refractivity contribution in [2.45, 2.75) is 6.18 Å². The fourth-order valence-electron chi connectivity index (χ4n) is 2.51. The predicted octanol–water partition coefficient (Wildman–Crippen LogP) is 4.32. The van der Waals surface area contributed by atoms with Crippen LogP contribution in [0.15, 0.2) is 41.9 Å². The van der Waals surface area contributed by atoms with Gasteiger partial charge < -0.3 is 11.1 Å². The molecule has 0 fully saturated rings. The molecule has 134 valence electrons. The van der Waals surface area contributed by atoms with E-state index in [4.69, 9.17) is 5.73 Å². The summed E-state index contributed by atoms with van der Waals surface area (Å²) in [6, 6.07) is 4.91. The van der Waals surface area contributed by atoms with Crippen LogP contribution in [0.3, 0.4) is 0 Å². The monoisotopic (exact) mass is 377 g/mol. The fourth-order valence-corrected chi connectivity index (χ4v) is 3.58. The molecule has 0 aliphatic heterocycles. The number of nitrogens with one attached hydrogen (secondary N) is 1. The summed E-state index contributed by atoms with van der Waals surface area (Å²) in [5.74, 6) is 0.0303. The minimum atomic E-state index is -4.38. The number of hydrogen-bond acceptors (Lipinski definition) is 4. The number of nitrogens with zero attached hydrogens (tertiary/aromatic N) is 1. The van der Waals surface area contributed by atoms with Crippen LogP contribution < -0.4 is 11.1 Å². The predicted molar refractivity (Wildman–Crippen MR) is 97.6 cm³/mol. The molecule has 0 unspecified atom stereocenters. The van der Waals surface area contributed by atoms with Gasteiger partial charge in [0.25, 0.3) is 0 Å². The average Bonchev–Trinajstić information content (AvgIpc) is 3.06. The Kier molecular flexibility index (Phi) is 4.69. The van der Waals surface area contributed by atoms with Gasteiger partial charge in [-0.15, -0.1) is 11.3 Å². The Bertz CT molecular complexity index is 991. The lowest BCUT2D eigenvalue weighted by atomic mass is 10.0. The minimum Gasteiger partial charge on any atom is -0.383 e. The van der Waals surface area contributed by atoms with Gasteiger partial charge in [-0.2, -0.15) is 13.2 Å². The maximum absolute atomic E-state index is 12.7. The van der Waals surface area contributed by atoms with E-state index in [1.165, 1.54) is 36.6 Å². The number of amides is 1. The van der Waals surface area contributed by atoms with Gasteiger partial charge in [0.15, 0.2) is 0 Å². The normalized spacial score (nSPS) is 12.0. The Morgan fingerprint density at radius 2 is 1.96 bits per heavy atom. The number of halogens is 3. The van der Waals surface area contributed by atoms with E-state index >= 15 is 0 Å². The number of hydrogen-bond donors (Lipinski definition) is 2. The van der Waals surface area contributed by atoms with E-state index in [0.29, 0.717) is 22.1 Å². The van der Waals surface area contributed by atoms with E-state index in [1.807, 2.05) is 5.38 Å². The highest BCUT2D eigenvalue weighted by Crippen LogP contribution is 2.39. The Morgan fingerprint density at radius 1 is 1.27 bits per heavy atom. The summed E-state index contributed by atoms with van der Waals surface area (Å²) < 4.78 is 39.0. The number of carbonyl (C=O) groups excluding carboxylic acids is 1. The lowest BCUT2D eigenvalue weighted by Gasteiger charge is -2.08. The molecule has 4 nitrogen and oxygen atoms in total. The van der Waals surface area contributed by atoms with Crippen LogP contribution in [0.1, 0.15) is 11.1 Å². The van der Waals surface area contributed by atoms with Crippen molar-refractivity contribution in [3.8, 4) is 11.1 Å². The highest BCUT2D eigenvalue weighted by Gasteiger charge is 2.30. The zero-order valence-electron chi connectivity index (χ0n) is 13.6. The van der Waals surface area contributed by atoms with Gasteiger partial charge in [-0.05, 0) is 29.2 Å². The molecule has 1 amide bonds. The van der Waals surface area contributed by atoms with Crippen molar-refractivity contribution in [1.29, 1.82) is 0 Å². The van der Waals surface area contributed by atoms with Crippen LogP contribution in [-0.2, 0) is 11.0 Å². The largest absolute Gasteiger partial charge is 0.416 e. The van der Waals surface area contributed by atoms with Crippen molar-refractivity contribution in [2.24, 2.45) is 0 Å². The van der Waals surface area contributed by atoms with Crippen LogP contribution in [0, 0.1) is 0 Å². The van der Waals surface area contributed by atoms with Gasteiger partial charge in [0.05, 0.1) is 5.56 Å². The van der Waals surface area contributed by atoms with Crippen molar-refractivity contribution in [3.05, 3.63) is 53.0 Å². The zero-order chi connectivity index (χ0) is 18.9.